The zero-order valence-corrected chi connectivity index (χ0v) is 16.1. The lowest BCUT2D eigenvalue weighted by atomic mass is 9.99. The molecule has 0 radical (unpaired) electrons. The Morgan fingerprint density at radius 1 is 0.931 bits per heavy atom. The minimum Gasteiger partial charge on any atom is -0.258 e. The van der Waals surface area contributed by atoms with Crippen molar-refractivity contribution in [3.8, 4) is 0 Å². The molecule has 29 heavy (non-hydrogen) atoms. The number of hydrogen-bond donors (Lipinski definition) is 0. The third-order valence-corrected chi connectivity index (χ3v) is 6.43. The topological polar surface area (TPSA) is 92.9 Å². The highest BCUT2D eigenvalue weighted by Crippen LogP contribution is 2.38. The van der Waals surface area contributed by atoms with Crippen molar-refractivity contribution in [2.24, 2.45) is 5.10 Å². The summed E-state index contributed by atoms with van der Waals surface area (Å²) in [6.07, 6.45) is 0.317. The number of hydrazone groups is 1. The van der Waals surface area contributed by atoms with E-state index in [9.17, 15) is 18.5 Å². The largest absolute Gasteiger partial charge is 0.279 e. The smallest absolute Gasteiger partial charge is 0.258 e. The van der Waals surface area contributed by atoms with Gasteiger partial charge in [0.2, 0.25) is 0 Å². The van der Waals surface area contributed by atoms with Crippen molar-refractivity contribution in [2.45, 2.75) is 17.4 Å². The molecule has 8 heteroatoms. The minimum absolute atomic E-state index is 0.0901. The molecule has 1 atom stereocenters. The van der Waals surface area contributed by atoms with Gasteiger partial charge in [-0.2, -0.15) is 17.9 Å². The lowest BCUT2D eigenvalue weighted by Gasteiger charge is -2.23. The zero-order chi connectivity index (χ0) is 20.4. The number of rotatable bonds is 5. The Kier molecular flexibility index (Phi) is 4.85. The average Bonchev–Trinajstić information content (AvgIpc) is 3.22. The van der Waals surface area contributed by atoms with Gasteiger partial charge in [0.15, 0.2) is 0 Å². The normalized spacial score (nSPS) is 16.5. The first-order valence-corrected chi connectivity index (χ1v) is 10.4. The molecule has 3 aromatic rings. The molecule has 1 aliphatic heterocycles. The van der Waals surface area contributed by atoms with E-state index in [1.54, 1.807) is 30.3 Å². The molecular weight excluding hydrogens is 390 g/mol. The van der Waals surface area contributed by atoms with E-state index in [0.29, 0.717) is 17.7 Å². The van der Waals surface area contributed by atoms with Crippen molar-refractivity contribution in [3.63, 3.8) is 0 Å². The summed E-state index contributed by atoms with van der Waals surface area (Å²) < 4.78 is 27.7. The van der Waals surface area contributed by atoms with E-state index in [2.05, 4.69) is 5.10 Å². The number of benzene rings is 3. The highest BCUT2D eigenvalue weighted by atomic mass is 32.2. The lowest BCUT2D eigenvalue weighted by Crippen LogP contribution is -2.27. The molecule has 1 aliphatic rings. The summed E-state index contributed by atoms with van der Waals surface area (Å²) in [5, 5.41) is 15.6. The summed E-state index contributed by atoms with van der Waals surface area (Å²) in [5.74, 6) is 0. The summed E-state index contributed by atoms with van der Waals surface area (Å²) in [7, 11) is -3.93. The second-order valence-corrected chi connectivity index (χ2v) is 8.37. The summed E-state index contributed by atoms with van der Waals surface area (Å²) in [6, 6.07) is 22.7. The SMILES string of the molecule is O=[N+]([O-])c1cccc([C@H]2CC(c3ccccc3)=NN2S(=O)(=O)c2ccccc2)c1. The van der Waals surface area contributed by atoms with Gasteiger partial charge in [-0.25, -0.2) is 0 Å². The Bertz CT molecular complexity index is 1180. The molecule has 7 nitrogen and oxygen atoms in total. The first-order chi connectivity index (χ1) is 14.0. The van der Waals surface area contributed by atoms with Crippen LogP contribution in [0, 0.1) is 10.1 Å². The molecule has 146 valence electrons. The van der Waals surface area contributed by atoms with E-state index >= 15 is 0 Å². The number of sulfonamides is 1. The molecular formula is C21H17N3O4S. The summed E-state index contributed by atoms with van der Waals surface area (Å²) >= 11 is 0. The van der Waals surface area contributed by atoms with Gasteiger partial charge in [0.05, 0.1) is 21.6 Å². The first-order valence-electron chi connectivity index (χ1n) is 8.93. The maximum absolute atomic E-state index is 13.3. The summed E-state index contributed by atoms with van der Waals surface area (Å²) in [4.78, 5) is 10.8. The Morgan fingerprint density at radius 2 is 1.59 bits per heavy atom. The van der Waals surface area contributed by atoms with Gasteiger partial charge in [-0.15, -0.1) is 0 Å². The minimum atomic E-state index is -3.93. The van der Waals surface area contributed by atoms with E-state index in [1.807, 2.05) is 30.3 Å². The van der Waals surface area contributed by atoms with Crippen LogP contribution in [0.25, 0.3) is 0 Å². The lowest BCUT2D eigenvalue weighted by molar-refractivity contribution is -0.384. The third kappa shape index (κ3) is 3.62. The molecule has 0 fully saturated rings. The van der Waals surface area contributed by atoms with E-state index in [1.165, 1.54) is 24.3 Å². The molecule has 0 saturated heterocycles. The van der Waals surface area contributed by atoms with Crippen molar-refractivity contribution < 1.29 is 13.3 Å². The maximum Gasteiger partial charge on any atom is 0.279 e. The van der Waals surface area contributed by atoms with Crippen LogP contribution in [0.2, 0.25) is 0 Å². The van der Waals surface area contributed by atoms with Crippen LogP contribution in [0.5, 0.6) is 0 Å². The van der Waals surface area contributed by atoms with Crippen LogP contribution in [0.15, 0.2) is 94.9 Å². The molecule has 0 N–H and O–H groups in total. The third-order valence-electron chi connectivity index (χ3n) is 4.73. The monoisotopic (exact) mass is 407 g/mol. The van der Waals surface area contributed by atoms with Gasteiger partial charge in [0.1, 0.15) is 0 Å². The van der Waals surface area contributed by atoms with E-state index in [0.717, 1.165) is 9.98 Å². The molecule has 0 aliphatic carbocycles. The number of nitro groups is 1. The van der Waals surface area contributed by atoms with Crippen LogP contribution in [0.3, 0.4) is 0 Å². The highest BCUT2D eigenvalue weighted by Gasteiger charge is 2.38. The second kappa shape index (κ2) is 7.48. The molecule has 3 aromatic carbocycles. The van der Waals surface area contributed by atoms with E-state index in [4.69, 9.17) is 0 Å². The Balaban J connectivity index is 1.82. The van der Waals surface area contributed by atoms with Crippen LogP contribution in [0.1, 0.15) is 23.6 Å². The van der Waals surface area contributed by atoms with Gasteiger partial charge in [-0.05, 0) is 23.3 Å². The molecule has 0 aromatic heterocycles. The highest BCUT2D eigenvalue weighted by molar-refractivity contribution is 7.89. The predicted octanol–water partition coefficient (Wildman–Crippen LogP) is 4.13. The Morgan fingerprint density at radius 3 is 2.24 bits per heavy atom. The molecule has 0 bridgehead atoms. The Hall–Kier alpha value is -3.52. The van der Waals surface area contributed by atoms with Gasteiger partial charge >= 0.3 is 0 Å². The first kappa shape index (κ1) is 18.8. The van der Waals surface area contributed by atoms with Gasteiger partial charge in [0.25, 0.3) is 15.7 Å². The standard InChI is InChI=1S/C21H17N3O4S/c25-24(26)18-11-7-10-17(14-18)21-15-20(16-8-3-1-4-9-16)22-23(21)29(27,28)19-12-5-2-6-13-19/h1-14,21H,15H2/t21-/m1/s1. The van der Waals surface area contributed by atoms with E-state index in [-0.39, 0.29) is 10.6 Å². The van der Waals surface area contributed by atoms with Crippen molar-refractivity contribution >= 4 is 21.4 Å². The van der Waals surface area contributed by atoms with Gasteiger partial charge in [-0.3, -0.25) is 10.1 Å². The number of nitro benzene ring substituents is 1. The number of non-ortho nitro benzene ring substituents is 1. The molecule has 0 saturated carbocycles. The van der Waals surface area contributed by atoms with Gasteiger partial charge in [-0.1, -0.05) is 60.7 Å². The Labute approximate surface area is 168 Å². The number of hydrogen-bond acceptors (Lipinski definition) is 5. The number of nitrogens with zero attached hydrogens (tertiary/aromatic N) is 3. The maximum atomic E-state index is 13.3. The van der Waals surface area contributed by atoms with Crippen LogP contribution >= 0.6 is 0 Å². The second-order valence-electron chi connectivity index (χ2n) is 6.58. The van der Waals surface area contributed by atoms with Gasteiger partial charge < -0.3 is 0 Å². The van der Waals surface area contributed by atoms with E-state index < -0.39 is 21.0 Å². The van der Waals surface area contributed by atoms with Gasteiger partial charge in [0, 0.05) is 18.6 Å². The fraction of sp³-hybridized carbons (Fsp3) is 0.0952. The summed E-state index contributed by atoms with van der Waals surface area (Å²) in [6.45, 7) is 0. The fourth-order valence-electron chi connectivity index (χ4n) is 3.31. The van der Waals surface area contributed by atoms with Crippen LogP contribution in [0.4, 0.5) is 5.69 Å². The molecule has 0 spiro atoms. The quantitative estimate of drug-likeness (QED) is 0.469. The molecule has 1 heterocycles. The zero-order valence-electron chi connectivity index (χ0n) is 15.3. The van der Waals surface area contributed by atoms with Crippen molar-refractivity contribution in [1.29, 1.82) is 0 Å². The summed E-state index contributed by atoms with van der Waals surface area (Å²) in [5.41, 5.74) is 1.86. The van der Waals surface area contributed by atoms with Crippen molar-refractivity contribution in [1.82, 2.24) is 4.41 Å². The predicted molar refractivity (Wildman–Crippen MR) is 109 cm³/mol. The van der Waals surface area contributed by atoms with Crippen molar-refractivity contribution in [2.75, 3.05) is 0 Å². The molecule has 0 unspecified atom stereocenters. The average molecular weight is 407 g/mol. The molecule has 4 rings (SSSR count). The molecule has 0 amide bonds. The van der Waals surface area contributed by atoms with Crippen LogP contribution in [-0.2, 0) is 10.0 Å². The fourth-order valence-corrected chi connectivity index (χ4v) is 4.76. The van der Waals surface area contributed by atoms with Crippen LogP contribution in [-0.4, -0.2) is 23.5 Å². The van der Waals surface area contributed by atoms with Crippen molar-refractivity contribution in [3.05, 3.63) is 106 Å². The van der Waals surface area contributed by atoms with Crippen LogP contribution < -0.4 is 0 Å².